The number of hydrogen-bond donors (Lipinski definition) is 0. The summed E-state index contributed by atoms with van der Waals surface area (Å²) < 4.78 is 2.33. The fraction of sp³-hybridized carbons (Fsp3) is 0.0857. The van der Waals surface area contributed by atoms with Crippen molar-refractivity contribution in [2.24, 2.45) is 0 Å². The Morgan fingerprint density at radius 1 is 0.436 bits per heavy atom. The third-order valence-electron chi connectivity index (χ3n) is 9.26. The minimum Gasteiger partial charge on any atom is -0.349 e. The van der Waals surface area contributed by atoms with E-state index in [1.54, 1.807) is 0 Å². The smallest absolute Gasteiger partial charge is 0.0910 e. The van der Waals surface area contributed by atoms with E-state index >= 15 is 0 Å². The highest BCUT2D eigenvalue weighted by Gasteiger charge is 2.33. The van der Waals surface area contributed by atoms with Gasteiger partial charge in [-0.15, -0.1) is 0 Å². The van der Waals surface area contributed by atoms with Crippen LogP contribution in [-0.4, -0.2) is 6.67 Å². The highest BCUT2D eigenvalue weighted by atomic mass is 79.9. The van der Waals surface area contributed by atoms with Gasteiger partial charge in [-0.1, -0.05) is 92.5 Å². The predicted octanol–water partition coefficient (Wildman–Crippen LogP) is 10.3. The van der Waals surface area contributed by atoms with Crippen LogP contribution in [0.5, 0.6) is 0 Å². The Balaban J connectivity index is 1.25. The van der Waals surface area contributed by atoms with Crippen LogP contribution in [0.15, 0.2) is 93.9 Å². The Bertz CT molecular complexity index is 2190. The summed E-state index contributed by atoms with van der Waals surface area (Å²) in [6, 6.07) is 32.2. The molecule has 0 amide bonds. The highest BCUT2D eigenvalue weighted by Crippen LogP contribution is 2.50. The first-order valence-electron chi connectivity index (χ1n) is 13.4. The molecule has 39 heavy (non-hydrogen) atoms. The number of fused-ring (bicyclic) bond motifs is 8. The molecular weight excluding hydrogens is 608 g/mol. The Kier molecular flexibility index (Phi) is 3.88. The highest BCUT2D eigenvalue weighted by molar-refractivity contribution is 9.11. The molecule has 0 unspecified atom stereocenters. The van der Waals surface area contributed by atoms with Gasteiger partial charge in [-0.05, 0) is 89.3 Å². The molecule has 4 heteroatoms. The van der Waals surface area contributed by atoms with Crippen molar-refractivity contribution in [3.63, 3.8) is 0 Å². The fourth-order valence-electron chi connectivity index (χ4n) is 7.78. The van der Waals surface area contributed by atoms with Gasteiger partial charge < -0.3 is 9.80 Å². The number of anilines is 2. The van der Waals surface area contributed by atoms with Crippen LogP contribution in [0.1, 0.15) is 11.1 Å². The van der Waals surface area contributed by atoms with Crippen LogP contribution in [0.3, 0.4) is 0 Å². The molecule has 2 heterocycles. The first-order chi connectivity index (χ1) is 19.1. The molecule has 8 aromatic rings. The molecule has 0 fully saturated rings. The molecular formula is C35H20Br2N2. The third kappa shape index (κ3) is 2.58. The molecule has 0 atom stereocenters. The molecule has 0 spiro atoms. The summed E-state index contributed by atoms with van der Waals surface area (Å²) in [5, 5.41) is 16.2. The van der Waals surface area contributed by atoms with Gasteiger partial charge in [-0.25, -0.2) is 0 Å². The SMILES string of the molecule is Brc1ccc2ccc3c4c(cc5ccc1c2c53)CN1CN4Cc2cc3ccc4c(Br)ccc5ccc(c21)c3c54. The molecule has 2 bridgehead atoms. The van der Waals surface area contributed by atoms with Gasteiger partial charge in [0.1, 0.15) is 0 Å². The van der Waals surface area contributed by atoms with Crippen molar-refractivity contribution in [3.05, 3.63) is 105 Å². The molecule has 2 aliphatic heterocycles. The molecule has 0 saturated carbocycles. The summed E-state index contributed by atoms with van der Waals surface area (Å²) in [5.41, 5.74) is 5.66. The lowest BCUT2D eigenvalue weighted by Gasteiger charge is -2.46. The van der Waals surface area contributed by atoms with E-state index in [1.807, 2.05) is 0 Å². The van der Waals surface area contributed by atoms with Crippen LogP contribution in [0.25, 0.3) is 64.6 Å². The molecule has 0 aromatic heterocycles. The quantitative estimate of drug-likeness (QED) is 0.154. The number of rotatable bonds is 0. The second-order valence-corrected chi connectivity index (χ2v) is 13.0. The standard InChI is InChI=1S/C35H20Br2N2/c36-28-11-5-18-1-9-26-32-20(3-7-24(28)30(18)32)13-22-15-39-17-38(34(22)26)16-23-14-21-4-8-25-29(37)12-6-19-2-10-27(35(23)39)33(21)31(19)25/h1-14H,15-17H2. The Morgan fingerprint density at radius 2 is 0.821 bits per heavy atom. The lowest BCUT2D eigenvalue weighted by Crippen LogP contribution is -2.46. The maximum absolute atomic E-state index is 3.81. The van der Waals surface area contributed by atoms with Crippen molar-refractivity contribution >= 4 is 108 Å². The first kappa shape index (κ1) is 21.2. The van der Waals surface area contributed by atoms with Crippen molar-refractivity contribution in [1.29, 1.82) is 0 Å². The minimum absolute atomic E-state index is 0.918. The molecule has 2 aliphatic rings. The van der Waals surface area contributed by atoms with Gasteiger partial charge >= 0.3 is 0 Å². The second-order valence-electron chi connectivity index (χ2n) is 11.2. The van der Waals surface area contributed by atoms with Crippen molar-refractivity contribution in [2.75, 3.05) is 16.5 Å². The van der Waals surface area contributed by atoms with E-state index in [4.69, 9.17) is 0 Å². The van der Waals surface area contributed by atoms with Crippen LogP contribution in [-0.2, 0) is 13.1 Å². The third-order valence-corrected chi connectivity index (χ3v) is 10.6. The van der Waals surface area contributed by atoms with Crippen LogP contribution in [0.4, 0.5) is 11.4 Å². The topological polar surface area (TPSA) is 6.48 Å². The zero-order chi connectivity index (χ0) is 25.6. The zero-order valence-corrected chi connectivity index (χ0v) is 24.0. The van der Waals surface area contributed by atoms with Crippen molar-refractivity contribution < 1.29 is 0 Å². The van der Waals surface area contributed by atoms with Gasteiger partial charge in [-0.2, -0.15) is 0 Å². The van der Waals surface area contributed by atoms with E-state index in [9.17, 15) is 0 Å². The summed E-state index contributed by atoms with van der Waals surface area (Å²) in [7, 11) is 0. The Morgan fingerprint density at radius 3 is 1.31 bits per heavy atom. The zero-order valence-electron chi connectivity index (χ0n) is 20.9. The van der Waals surface area contributed by atoms with E-state index in [2.05, 4.69) is 127 Å². The van der Waals surface area contributed by atoms with Crippen molar-refractivity contribution in [3.8, 4) is 0 Å². The van der Waals surface area contributed by atoms with E-state index in [-0.39, 0.29) is 0 Å². The summed E-state index contributed by atoms with van der Waals surface area (Å²) >= 11 is 7.62. The summed E-state index contributed by atoms with van der Waals surface area (Å²) in [4.78, 5) is 5.21. The summed E-state index contributed by atoms with van der Waals surface area (Å²) in [5.74, 6) is 0. The average molecular weight is 628 g/mol. The van der Waals surface area contributed by atoms with Gasteiger partial charge in [0, 0.05) is 32.8 Å². The number of benzene rings is 8. The first-order valence-corrected chi connectivity index (χ1v) is 15.0. The molecule has 10 rings (SSSR count). The van der Waals surface area contributed by atoms with Gasteiger partial charge in [-0.3, -0.25) is 0 Å². The minimum atomic E-state index is 0.918. The van der Waals surface area contributed by atoms with Gasteiger partial charge in [0.15, 0.2) is 0 Å². The van der Waals surface area contributed by atoms with E-state index in [1.165, 1.54) is 87.1 Å². The lowest BCUT2D eigenvalue weighted by molar-refractivity contribution is 0.657. The molecule has 0 N–H and O–H groups in total. The van der Waals surface area contributed by atoms with Gasteiger partial charge in [0.2, 0.25) is 0 Å². The molecule has 0 aliphatic carbocycles. The maximum Gasteiger partial charge on any atom is 0.0910 e. The van der Waals surface area contributed by atoms with Crippen LogP contribution >= 0.6 is 31.9 Å². The molecule has 0 saturated heterocycles. The normalized spacial score (nSPS) is 15.0. The number of nitrogens with zero attached hydrogens (tertiary/aromatic N) is 2. The van der Waals surface area contributed by atoms with Crippen LogP contribution < -0.4 is 9.80 Å². The van der Waals surface area contributed by atoms with Crippen LogP contribution in [0, 0.1) is 0 Å². The lowest BCUT2D eigenvalue weighted by atomic mass is 9.87. The Hall–Kier alpha value is -3.60. The fourth-order valence-corrected chi connectivity index (χ4v) is 8.70. The molecule has 2 nitrogen and oxygen atoms in total. The average Bonchev–Trinajstić information content (AvgIpc) is 2.95. The molecule has 184 valence electrons. The molecule has 8 aromatic carbocycles. The monoisotopic (exact) mass is 626 g/mol. The summed E-state index contributed by atoms with van der Waals surface area (Å²) in [6.45, 7) is 2.76. The number of halogens is 2. The Labute approximate surface area is 241 Å². The van der Waals surface area contributed by atoms with Crippen molar-refractivity contribution in [2.45, 2.75) is 13.1 Å². The van der Waals surface area contributed by atoms with Gasteiger partial charge in [0.25, 0.3) is 0 Å². The van der Waals surface area contributed by atoms with E-state index in [0.717, 1.165) is 28.7 Å². The maximum atomic E-state index is 3.81. The largest absolute Gasteiger partial charge is 0.349 e. The van der Waals surface area contributed by atoms with Crippen molar-refractivity contribution in [1.82, 2.24) is 0 Å². The number of hydrogen-bond acceptors (Lipinski definition) is 2. The summed E-state index contributed by atoms with van der Waals surface area (Å²) in [6.07, 6.45) is 0. The van der Waals surface area contributed by atoms with Crippen LogP contribution in [0.2, 0.25) is 0 Å². The van der Waals surface area contributed by atoms with E-state index in [0.29, 0.717) is 0 Å². The second kappa shape index (κ2) is 7.12. The van der Waals surface area contributed by atoms with Gasteiger partial charge in [0.05, 0.1) is 18.0 Å². The van der Waals surface area contributed by atoms with E-state index < -0.39 is 0 Å². The molecule has 0 radical (unpaired) electrons. The predicted molar refractivity (Wildman–Crippen MR) is 173 cm³/mol.